The number of hydrogen-bond donors (Lipinski definition) is 1. The third-order valence-electron chi connectivity index (χ3n) is 13.8. The zero-order valence-corrected chi connectivity index (χ0v) is 36.2. The number of aryl methyl sites for hydroxylation is 3. The lowest BCUT2D eigenvalue weighted by atomic mass is 9.62. The SMILES string of the molecule is Cc1ccc(Nc2cc3c(cc2-c2cc(C)cc(N(c4cc5c(cc4C)C(C)(C)C4=C5CC=C4)c4ccccc4-c4ccccc4)c2C)C(C)(C)CCC3(C)C)cc1. The molecule has 0 aromatic heterocycles. The van der Waals surface area contributed by atoms with Crippen LogP contribution in [-0.4, -0.2) is 0 Å². The maximum atomic E-state index is 3.94. The highest BCUT2D eigenvalue weighted by atomic mass is 15.1. The van der Waals surface area contributed by atoms with Crippen LogP contribution < -0.4 is 10.2 Å². The number of para-hydroxylation sites is 1. The quantitative estimate of drug-likeness (QED) is 0.174. The lowest BCUT2D eigenvalue weighted by Crippen LogP contribution is -2.34. The first kappa shape index (κ1) is 37.9. The summed E-state index contributed by atoms with van der Waals surface area (Å²) in [7, 11) is 0. The van der Waals surface area contributed by atoms with Crippen LogP contribution in [-0.2, 0) is 16.2 Å². The summed E-state index contributed by atoms with van der Waals surface area (Å²) in [5.41, 5.74) is 24.7. The molecule has 0 fully saturated rings. The number of fused-ring (bicyclic) bond motifs is 3. The van der Waals surface area contributed by atoms with Crippen LogP contribution in [0, 0.1) is 27.7 Å². The molecule has 9 rings (SSSR count). The van der Waals surface area contributed by atoms with E-state index in [1.54, 1.807) is 0 Å². The molecule has 0 aliphatic heterocycles. The van der Waals surface area contributed by atoms with Gasteiger partial charge < -0.3 is 10.2 Å². The molecule has 2 nitrogen and oxygen atoms in total. The summed E-state index contributed by atoms with van der Waals surface area (Å²) in [5, 5.41) is 3.94. The number of rotatable bonds is 7. The molecule has 292 valence electrons. The van der Waals surface area contributed by atoms with Crippen LogP contribution in [0.5, 0.6) is 0 Å². The Labute approximate surface area is 347 Å². The topological polar surface area (TPSA) is 15.3 Å². The molecule has 0 unspecified atom stereocenters. The van der Waals surface area contributed by atoms with E-state index in [0.29, 0.717) is 0 Å². The molecule has 0 spiro atoms. The lowest BCUT2D eigenvalue weighted by molar-refractivity contribution is 0.332. The maximum Gasteiger partial charge on any atom is 0.0540 e. The van der Waals surface area contributed by atoms with Crippen LogP contribution in [0.4, 0.5) is 28.4 Å². The van der Waals surface area contributed by atoms with Gasteiger partial charge in [-0.05, 0) is 161 Å². The Morgan fingerprint density at radius 1 is 0.534 bits per heavy atom. The lowest BCUT2D eigenvalue weighted by Gasteiger charge is -2.42. The zero-order valence-electron chi connectivity index (χ0n) is 36.2. The van der Waals surface area contributed by atoms with Gasteiger partial charge in [0.25, 0.3) is 0 Å². The molecular formula is C56H58N2. The van der Waals surface area contributed by atoms with E-state index in [-0.39, 0.29) is 16.2 Å². The van der Waals surface area contributed by atoms with Crippen molar-refractivity contribution in [2.75, 3.05) is 10.2 Å². The van der Waals surface area contributed by atoms with E-state index < -0.39 is 0 Å². The highest BCUT2D eigenvalue weighted by Gasteiger charge is 2.40. The van der Waals surface area contributed by atoms with Crippen molar-refractivity contribution in [3.8, 4) is 22.3 Å². The van der Waals surface area contributed by atoms with Gasteiger partial charge in [0, 0.05) is 39.3 Å². The molecule has 3 aliphatic rings. The number of anilines is 5. The fourth-order valence-corrected chi connectivity index (χ4v) is 10.2. The average Bonchev–Trinajstić information content (AvgIpc) is 3.77. The van der Waals surface area contributed by atoms with Crippen LogP contribution in [0.2, 0.25) is 0 Å². The monoisotopic (exact) mass is 758 g/mol. The smallest absolute Gasteiger partial charge is 0.0540 e. The summed E-state index contributed by atoms with van der Waals surface area (Å²) < 4.78 is 0. The normalized spacial score (nSPS) is 16.9. The largest absolute Gasteiger partial charge is 0.355 e. The Kier molecular flexibility index (Phi) is 9.00. The molecule has 0 saturated heterocycles. The predicted molar refractivity (Wildman–Crippen MR) is 250 cm³/mol. The van der Waals surface area contributed by atoms with Gasteiger partial charge in [-0.3, -0.25) is 0 Å². The summed E-state index contributed by atoms with van der Waals surface area (Å²) >= 11 is 0. The molecule has 0 bridgehead atoms. The van der Waals surface area contributed by atoms with Crippen molar-refractivity contribution < 1.29 is 0 Å². The van der Waals surface area contributed by atoms with Gasteiger partial charge in [0.05, 0.1) is 5.69 Å². The number of benzene rings is 6. The van der Waals surface area contributed by atoms with E-state index in [9.17, 15) is 0 Å². The Morgan fingerprint density at radius 2 is 1.21 bits per heavy atom. The molecule has 0 heterocycles. The molecular weight excluding hydrogens is 701 g/mol. The molecule has 2 heteroatoms. The Balaban J connectivity index is 1.32. The highest BCUT2D eigenvalue weighted by Crippen LogP contribution is 2.55. The Hall–Kier alpha value is -5.60. The fraction of sp³-hybridized carbons (Fsp3) is 0.286. The molecule has 0 saturated carbocycles. The van der Waals surface area contributed by atoms with Crippen LogP contribution in [0.15, 0.2) is 133 Å². The van der Waals surface area contributed by atoms with Gasteiger partial charge in [-0.25, -0.2) is 0 Å². The molecule has 6 aromatic rings. The number of nitrogens with zero attached hydrogens (tertiary/aromatic N) is 1. The first-order valence-electron chi connectivity index (χ1n) is 21.3. The van der Waals surface area contributed by atoms with Gasteiger partial charge in [-0.2, -0.15) is 0 Å². The van der Waals surface area contributed by atoms with Gasteiger partial charge in [0.15, 0.2) is 0 Å². The minimum atomic E-state index is -0.0181. The second-order valence-electron chi connectivity index (χ2n) is 19.2. The van der Waals surface area contributed by atoms with Crippen LogP contribution >= 0.6 is 0 Å². The van der Waals surface area contributed by atoms with E-state index in [1.807, 2.05) is 0 Å². The van der Waals surface area contributed by atoms with Crippen molar-refractivity contribution in [3.63, 3.8) is 0 Å². The third kappa shape index (κ3) is 6.24. The minimum Gasteiger partial charge on any atom is -0.355 e. The maximum absolute atomic E-state index is 3.94. The van der Waals surface area contributed by atoms with Gasteiger partial charge in [0.2, 0.25) is 0 Å². The molecule has 0 amide bonds. The fourth-order valence-electron chi connectivity index (χ4n) is 10.2. The summed E-state index contributed by atoms with van der Waals surface area (Å²) in [6.45, 7) is 23.6. The van der Waals surface area contributed by atoms with Gasteiger partial charge >= 0.3 is 0 Å². The van der Waals surface area contributed by atoms with E-state index in [0.717, 1.165) is 17.8 Å². The average molecular weight is 759 g/mol. The van der Waals surface area contributed by atoms with Gasteiger partial charge in [-0.15, -0.1) is 0 Å². The van der Waals surface area contributed by atoms with E-state index in [4.69, 9.17) is 0 Å². The first-order valence-corrected chi connectivity index (χ1v) is 21.3. The third-order valence-corrected chi connectivity index (χ3v) is 13.8. The van der Waals surface area contributed by atoms with Crippen molar-refractivity contribution in [1.29, 1.82) is 0 Å². The molecule has 6 aromatic carbocycles. The van der Waals surface area contributed by atoms with Crippen molar-refractivity contribution in [1.82, 2.24) is 0 Å². The second kappa shape index (κ2) is 13.8. The minimum absolute atomic E-state index is 0.0181. The van der Waals surface area contributed by atoms with Crippen LogP contribution in [0.3, 0.4) is 0 Å². The molecule has 1 N–H and O–H groups in total. The molecule has 3 aliphatic carbocycles. The zero-order chi connectivity index (χ0) is 40.7. The van der Waals surface area contributed by atoms with Crippen molar-refractivity contribution in [3.05, 3.63) is 177 Å². The van der Waals surface area contributed by atoms with Crippen LogP contribution in [0.25, 0.3) is 27.8 Å². The van der Waals surface area contributed by atoms with E-state index >= 15 is 0 Å². The Bertz CT molecular complexity index is 2670. The van der Waals surface area contributed by atoms with Crippen molar-refractivity contribution in [2.45, 2.75) is 105 Å². The number of nitrogens with one attached hydrogen (secondary N) is 1. The van der Waals surface area contributed by atoms with E-state index in [1.165, 1.54) is 108 Å². The van der Waals surface area contributed by atoms with E-state index in [2.05, 4.69) is 207 Å². The van der Waals surface area contributed by atoms with Crippen LogP contribution in [0.1, 0.15) is 105 Å². The Morgan fingerprint density at radius 3 is 1.93 bits per heavy atom. The number of allylic oxidation sites excluding steroid dienone is 4. The molecule has 58 heavy (non-hydrogen) atoms. The summed E-state index contributed by atoms with van der Waals surface area (Å²) in [4.78, 5) is 2.58. The second-order valence-corrected chi connectivity index (χ2v) is 19.2. The predicted octanol–water partition coefficient (Wildman–Crippen LogP) is 15.8. The molecule has 0 atom stereocenters. The van der Waals surface area contributed by atoms with Gasteiger partial charge in [0.1, 0.15) is 0 Å². The van der Waals surface area contributed by atoms with Crippen molar-refractivity contribution >= 4 is 34.0 Å². The summed E-state index contributed by atoms with van der Waals surface area (Å²) in [6.07, 6.45) is 8.04. The standard InChI is InChI=1S/C56H58N2/c1-35-23-25-40(26-24-35)57-50-34-49-48(54(5,6)27-28-55(49,7)8)32-45(50)43-29-36(2)30-53(38(43)4)58(51-22-15-14-19-41(51)39-17-12-11-13-18-39)52-33-44-42-20-16-21-46(42)56(9,10)47(44)31-37(52)3/h11-19,21-26,29-34,57H,20,27-28H2,1-10H3. The number of hydrogen-bond acceptors (Lipinski definition) is 2. The summed E-state index contributed by atoms with van der Waals surface area (Å²) in [6, 6.07) is 43.6. The highest BCUT2D eigenvalue weighted by molar-refractivity contribution is 5.96. The van der Waals surface area contributed by atoms with Crippen molar-refractivity contribution in [2.24, 2.45) is 0 Å². The summed E-state index contributed by atoms with van der Waals surface area (Å²) in [5.74, 6) is 0. The van der Waals surface area contributed by atoms with Gasteiger partial charge in [-0.1, -0.05) is 132 Å². The molecule has 0 radical (unpaired) electrons. The first-order chi connectivity index (χ1) is 27.6.